The van der Waals surface area contributed by atoms with Crippen molar-refractivity contribution in [1.82, 2.24) is 10.3 Å². The minimum absolute atomic E-state index is 0.116. The van der Waals surface area contributed by atoms with Crippen LogP contribution in [-0.2, 0) is 4.74 Å². The van der Waals surface area contributed by atoms with E-state index >= 15 is 0 Å². The number of rotatable bonds is 6. The number of aromatic nitrogens is 1. The van der Waals surface area contributed by atoms with E-state index in [4.69, 9.17) is 4.74 Å². The van der Waals surface area contributed by atoms with Crippen molar-refractivity contribution >= 4 is 0 Å². The zero-order valence-electron chi connectivity index (χ0n) is 9.16. The predicted molar refractivity (Wildman–Crippen MR) is 57.1 cm³/mol. The predicted octanol–water partition coefficient (Wildman–Crippen LogP) is 1.91. The topological polar surface area (TPSA) is 34.1 Å². The maximum atomic E-state index is 12.9. The SMILES string of the molecule is COCCCNC(C)c1cncc(F)c1. The van der Waals surface area contributed by atoms with Gasteiger partial charge in [0.05, 0.1) is 6.20 Å². The summed E-state index contributed by atoms with van der Waals surface area (Å²) in [5, 5.41) is 3.27. The lowest BCUT2D eigenvalue weighted by Gasteiger charge is -2.13. The Hall–Kier alpha value is -1.00. The van der Waals surface area contributed by atoms with E-state index in [1.807, 2.05) is 6.92 Å². The fraction of sp³-hybridized carbons (Fsp3) is 0.545. The summed E-state index contributed by atoms with van der Waals surface area (Å²) in [5.74, 6) is -0.293. The number of nitrogens with one attached hydrogen (secondary N) is 1. The molecule has 0 spiro atoms. The molecule has 1 rings (SSSR count). The second-order valence-electron chi connectivity index (χ2n) is 3.46. The highest BCUT2D eigenvalue weighted by Gasteiger charge is 2.05. The molecule has 0 saturated carbocycles. The van der Waals surface area contributed by atoms with Crippen LogP contribution >= 0.6 is 0 Å². The molecule has 3 nitrogen and oxygen atoms in total. The first-order valence-corrected chi connectivity index (χ1v) is 5.07. The average molecular weight is 212 g/mol. The highest BCUT2D eigenvalue weighted by molar-refractivity contribution is 5.13. The minimum atomic E-state index is -0.293. The normalized spacial score (nSPS) is 12.7. The number of halogens is 1. The summed E-state index contributed by atoms with van der Waals surface area (Å²) in [6, 6.07) is 1.62. The fourth-order valence-electron chi connectivity index (χ4n) is 1.32. The maximum Gasteiger partial charge on any atom is 0.141 e. The molecule has 0 aromatic carbocycles. The van der Waals surface area contributed by atoms with Gasteiger partial charge in [0.15, 0.2) is 0 Å². The van der Waals surface area contributed by atoms with Crippen molar-refractivity contribution in [2.24, 2.45) is 0 Å². The van der Waals surface area contributed by atoms with Crippen LogP contribution in [0.25, 0.3) is 0 Å². The Balaban J connectivity index is 2.36. The standard InChI is InChI=1S/C11H17FN2O/c1-9(14-4-3-5-15-2)10-6-11(12)8-13-7-10/h6-9,14H,3-5H2,1-2H3. The molecule has 0 aliphatic carbocycles. The first kappa shape index (κ1) is 12.1. The molecule has 0 fully saturated rings. The van der Waals surface area contributed by atoms with Gasteiger partial charge in [0.2, 0.25) is 0 Å². The van der Waals surface area contributed by atoms with Gasteiger partial charge < -0.3 is 10.1 Å². The highest BCUT2D eigenvalue weighted by Crippen LogP contribution is 2.11. The maximum absolute atomic E-state index is 12.9. The molecule has 1 unspecified atom stereocenters. The van der Waals surface area contributed by atoms with Crippen molar-refractivity contribution in [3.8, 4) is 0 Å². The molecule has 0 radical (unpaired) electrons. The lowest BCUT2D eigenvalue weighted by molar-refractivity contribution is 0.193. The quantitative estimate of drug-likeness (QED) is 0.731. The van der Waals surface area contributed by atoms with E-state index in [1.54, 1.807) is 13.3 Å². The molecule has 0 aliphatic heterocycles. The van der Waals surface area contributed by atoms with Crippen molar-refractivity contribution < 1.29 is 9.13 Å². The molecule has 0 amide bonds. The van der Waals surface area contributed by atoms with Gasteiger partial charge in [-0.05, 0) is 31.5 Å². The van der Waals surface area contributed by atoms with Gasteiger partial charge in [0, 0.05) is 26.0 Å². The molecule has 0 bridgehead atoms. The van der Waals surface area contributed by atoms with E-state index in [-0.39, 0.29) is 11.9 Å². The molecule has 1 aromatic heterocycles. The summed E-state index contributed by atoms with van der Waals surface area (Å²) in [6.45, 7) is 3.58. The van der Waals surface area contributed by atoms with Crippen LogP contribution in [0.1, 0.15) is 24.9 Å². The summed E-state index contributed by atoms with van der Waals surface area (Å²) in [5.41, 5.74) is 0.868. The number of hydrogen-bond acceptors (Lipinski definition) is 3. The van der Waals surface area contributed by atoms with E-state index in [2.05, 4.69) is 10.3 Å². The van der Waals surface area contributed by atoms with E-state index in [1.165, 1.54) is 12.3 Å². The third kappa shape index (κ3) is 4.36. The van der Waals surface area contributed by atoms with Gasteiger partial charge in [-0.25, -0.2) is 4.39 Å². The molecule has 1 N–H and O–H groups in total. The Morgan fingerprint density at radius 3 is 3.00 bits per heavy atom. The van der Waals surface area contributed by atoms with Gasteiger partial charge in [-0.1, -0.05) is 0 Å². The van der Waals surface area contributed by atoms with Gasteiger partial charge in [-0.15, -0.1) is 0 Å². The third-order valence-corrected chi connectivity index (χ3v) is 2.20. The first-order valence-electron chi connectivity index (χ1n) is 5.07. The Bertz CT molecular complexity index is 294. The Kier molecular flexibility index (Phi) is 5.21. The van der Waals surface area contributed by atoms with Crippen molar-refractivity contribution in [3.05, 3.63) is 29.8 Å². The van der Waals surface area contributed by atoms with Gasteiger partial charge in [0.25, 0.3) is 0 Å². The van der Waals surface area contributed by atoms with Crippen LogP contribution in [-0.4, -0.2) is 25.2 Å². The number of hydrogen-bond donors (Lipinski definition) is 1. The van der Waals surface area contributed by atoms with Gasteiger partial charge in [-0.2, -0.15) is 0 Å². The van der Waals surface area contributed by atoms with Crippen molar-refractivity contribution in [1.29, 1.82) is 0 Å². The molecule has 4 heteroatoms. The van der Waals surface area contributed by atoms with Crippen LogP contribution in [0.15, 0.2) is 18.5 Å². The molecule has 0 aliphatic rings. The van der Waals surface area contributed by atoms with Crippen LogP contribution in [0.5, 0.6) is 0 Å². The van der Waals surface area contributed by atoms with Crippen LogP contribution in [0, 0.1) is 5.82 Å². The Morgan fingerprint density at radius 1 is 1.53 bits per heavy atom. The zero-order valence-corrected chi connectivity index (χ0v) is 9.16. The second-order valence-corrected chi connectivity index (χ2v) is 3.46. The lowest BCUT2D eigenvalue weighted by Crippen LogP contribution is -2.21. The van der Waals surface area contributed by atoms with Crippen LogP contribution in [0.2, 0.25) is 0 Å². The van der Waals surface area contributed by atoms with E-state index in [0.717, 1.165) is 25.1 Å². The summed E-state index contributed by atoms with van der Waals surface area (Å²) in [4.78, 5) is 3.81. The number of pyridine rings is 1. The van der Waals surface area contributed by atoms with Crippen molar-refractivity contribution in [2.45, 2.75) is 19.4 Å². The molecule has 1 heterocycles. The second kappa shape index (κ2) is 6.48. The smallest absolute Gasteiger partial charge is 0.141 e. The van der Waals surface area contributed by atoms with E-state index in [9.17, 15) is 4.39 Å². The van der Waals surface area contributed by atoms with E-state index in [0.29, 0.717) is 0 Å². The van der Waals surface area contributed by atoms with Gasteiger partial charge in [-0.3, -0.25) is 4.98 Å². The molecule has 0 saturated heterocycles. The number of ether oxygens (including phenoxy) is 1. The largest absolute Gasteiger partial charge is 0.385 e. The first-order chi connectivity index (χ1) is 7.24. The Labute approximate surface area is 89.7 Å². The molecule has 1 aromatic rings. The number of nitrogens with zero attached hydrogens (tertiary/aromatic N) is 1. The molecule has 1 atom stereocenters. The molecular formula is C11H17FN2O. The van der Waals surface area contributed by atoms with Gasteiger partial charge >= 0.3 is 0 Å². The van der Waals surface area contributed by atoms with Crippen LogP contribution in [0.4, 0.5) is 4.39 Å². The average Bonchev–Trinajstić information content (AvgIpc) is 2.24. The summed E-state index contributed by atoms with van der Waals surface area (Å²) in [7, 11) is 1.68. The monoisotopic (exact) mass is 212 g/mol. The summed E-state index contributed by atoms with van der Waals surface area (Å²) >= 11 is 0. The number of methoxy groups -OCH3 is 1. The third-order valence-electron chi connectivity index (χ3n) is 2.20. The van der Waals surface area contributed by atoms with Crippen LogP contribution in [0.3, 0.4) is 0 Å². The summed E-state index contributed by atoms with van der Waals surface area (Å²) < 4.78 is 17.8. The summed E-state index contributed by atoms with van der Waals surface area (Å²) in [6.07, 6.45) is 3.84. The molecular weight excluding hydrogens is 195 g/mol. The van der Waals surface area contributed by atoms with Crippen molar-refractivity contribution in [2.75, 3.05) is 20.3 Å². The van der Waals surface area contributed by atoms with E-state index < -0.39 is 0 Å². The lowest BCUT2D eigenvalue weighted by atomic mass is 10.1. The minimum Gasteiger partial charge on any atom is -0.385 e. The molecule has 84 valence electrons. The van der Waals surface area contributed by atoms with Crippen molar-refractivity contribution in [3.63, 3.8) is 0 Å². The van der Waals surface area contributed by atoms with Crippen LogP contribution < -0.4 is 5.32 Å². The van der Waals surface area contributed by atoms with Gasteiger partial charge in [0.1, 0.15) is 5.82 Å². The fourth-order valence-corrected chi connectivity index (χ4v) is 1.32. The highest BCUT2D eigenvalue weighted by atomic mass is 19.1. The Morgan fingerprint density at radius 2 is 2.33 bits per heavy atom. The molecule has 15 heavy (non-hydrogen) atoms. The zero-order chi connectivity index (χ0) is 11.1.